The Morgan fingerprint density at radius 3 is 2.84 bits per heavy atom. The zero-order chi connectivity index (χ0) is 14.0. The molecule has 4 N–H and O–H groups in total. The average molecular weight is 325 g/mol. The molecular formula is C12H13BrN4O2. The van der Waals surface area contributed by atoms with Crippen molar-refractivity contribution in [2.45, 2.75) is 6.92 Å². The number of hydrogen-bond donors (Lipinski definition) is 3. The number of hydrogen-bond acceptors (Lipinski definition) is 4. The van der Waals surface area contributed by atoms with Crippen molar-refractivity contribution in [3.8, 4) is 5.75 Å². The predicted molar refractivity (Wildman–Crippen MR) is 76.4 cm³/mol. The molecule has 0 aliphatic heterocycles. The lowest BCUT2D eigenvalue weighted by molar-refractivity contribution is 0.102. The average Bonchev–Trinajstić information content (AvgIpc) is 2.73. The van der Waals surface area contributed by atoms with E-state index < -0.39 is 0 Å². The second-order valence-corrected chi connectivity index (χ2v) is 4.77. The lowest BCUT2D eigenvalue weighted by Gasteiger charge is -2.08. The molecule has 1 aromatic heterocycles. The van der Waals surface area contributed by atoms with E-state index in [1.165, 1.54) is 0 Å². The van der Waals surface area contributed by atoms with Gasteiger partial charge < -0.3 is 15.8 Å². The minimum atomic E-state index is -0.379. The maximum absolute atomic E-state index is 12.1. The summed E-state index contributed by atoms with van der Waals surface area (Å²) in [6.45, 7) is 1.75. The van der Waals surface area contributed by atoms with Gasteiger partial charge in [-0.05, 0) is 35.0 Å². The first-order chi connectivity index (χ1) is 9.02. The Labute approximate surface area is 118 Å². The largest absolute Gasteiger partial charge is 0.497 e. The van der Waals surface area contributed by atoms with E-state index in [2.05, 4.69) is 31.4 Å². The van der Waals surface area contributed by atoms with Crippen LogP contribution < -0.4 is 15.8 Å². The van der Waals surface area contributed by atoms with E-state index >= 15 is 0 Å². The third-order valence-corrected chi connectivity index (χ3v) is 3.32. The molecule has 2 aromatic rings. The van der Waals surface area contributed by atoms with Crippen LogP contribution in [0.4, 0.5) is 11.4 Å². The van der Waals surface area contributed by atoms with Gasteiger partial charge in [0.2, 0.25) is 0 Å². The molecule has 2 rings (SSSR count). The van der Waals surface area contributed by atoms with Crippen molar-refractivity contribution in [2.24, 2.45) is 0 Å². The fraction of sp³-hybridized carbons (Fsp3) is 0.167. The number of halogens is 1. The predicted octanol–water partition coefficient (Wildman–Crippen LogP) is 2.32. The summed E-state index contributed by atoms with van der Waals surface area (Å²) in [5.41, 5.74) is 7.53. The standard InChI is InChI=1S/C12H13BrN4O2/c1-6-10(14)11(17-16-6)12(18)15-9-5-7(19-2)3-4-8(9)13/h3-5H,14H2,1-2H3,(H,15,18)(H,16,17). The van der Waals surface area contributed by atoms with E-state index in [0.29, 0.717) is 22.8 Å². The summed E-state index contributed by atoms with van der Waals surface area (Å²) in [5.74, 6) is 0.264. The highest BCUT2D eigenvalue weighted by molar-refractivity contribution is 9.10. The van der Waals surface area contributed by atoms with E-state index in [4.69, 9.17) is 10.5 Å². The highest BCUT2D eigenvalue weighted by Gasteiger charge is 2.16. The van der Waals surface area contributed by atoms with Crippen molar-refractivity contribution in [3.63, 3.8) is 0 Å². The number of aromatic amines is 1. The number of H-pyrrole nitrogens is 1. The van der Waals surface area contributed by atoms with Crippen LogP contribution in [0.25, 0.3) is 0 Å². The number of nitrogen functional groups attached to an aromatic ring is 1. The van der Waals surface area contributed by atoms with E-state index in [1.807, 2.05) is 0 Å². The Morgan fingerprint density at radius 2 is 2.26 bits per heavy atom. The van der Waals surface area contributed by atoms with Crippen molar-refractivity contribution in [1.29, 1.82) is 0 Å². The van der Waals surface area contributed by atoms with Crippen LogP contribution in [0.1, 0.15) is 16.2 Å². The second-order valence-electron chi connectivity index (χ2n) is 3.91. The summed E-state index contributed by atoms with van der Waals surface area (Å²) in [6.07, 6.45) is 0. The fourth-order valence-corrected chi connectivity index (χ4v) is 1.87. The van der Waals surface area contributed by atoms with Gasteiger partial charge in [0.15, 0.2) is 5.69 Å². The molecule has 0 atom stereocenters. The minimum absolute atomic E-state index is 0.173. The van der Waals surface area contributed by atoms with Crippen molar-refractivity contribution in [3.05, 3.63) is 34.1 Å². The lowest BCUT2D eigenvalue weighted by Crippen LogP contribution is -2.14. The molecule has 19 heavy (non-hydrogen) atoms. The summed E-state index contributed by atoms with van der Waals surface area (Å²) >= 11 is 3.35. The Bertz CT molecular complexity index is 624. The van der Waals surface area contributed by atoms with Gasteiger partial charge >= 0.3 is 0 Å². The number of benzene rings is 1. The highest BCUT2D eigenvalue weighted by atomic mass is 79.9. The number of methoxy groups -OCH3 is 1. The fourth-order valence-electron chi connectivity index (χ4n) is 1.52. The second kappa shape index (κ2) is 5.31. The van der Waals surface area contributed by atoms with Crippen molar-refractivity contribution in [2.75, 3.05) is 18.2 Å². The summed E-state index contributed by atoms with van der Waals surface area (Å²) in [7, 11) is 1.56. The number of aromatic nitrogens is 2. The summed E-state index contributed by atoms with van der Waals surface area (Å²) in [6, 6.07) is 5.28. The SMILES string of the molecule is COc1ccc(Br)c(NC(=O)c2n[nH]c(C)c2N)c1. The van der Waals surface area contributed by atoms with Crippen molar-refractivity contribution >= 4 is 33.2 Å². The molecule has 0 spiro atoms. The molecule has 0 radical (unpaired) electrons. The molecule has 0 aliphatic carbocycles. The van der Waals surface area contributed by atoms with Crippen LogP contribution in [0.5, 0.6) is 5.75 Å². The number of rotatable bonds is 3. The zero-order valence-electron chi connectivity index (χ0n) is 10.5. The van der Waals surface area contributed by atoms with Crippen LogP contribution in [0.3, 0.4) is 0 Å². The van der Waals surface area contributed by atoms with Crippen LogP contribution in [0.15, 0.2) is 22.7 Å². The van der Waals surface area contributed by atoms with E-state index in [-0.39, 0.29) is 11.6 Å². The number of nitrogens with two attached hydrogens (primary N) is 1. The van der Waals surface area contributed by atoms with Gasteiger partial charge in [0, 0.05) is 10.5 Å². The Kier molecular flexibility index (Phi) is 3.75. The third-order valence-electron chi connectivity index (χ3n) is 2.63. The molecule has 6 nitrogen and oxygen atoms in total. The molecule has 0 unspecified atom stereocenters. The number of carbonyl (C=O) groups is 1. The number of nitrogens with zero attached hydrogens (tertiary/aromatic N) is 1. The molecule has 7 heteroatoms. The maximum Gasteiger partial charge on any atom is 0.278 e. The van der Waals surface area contributed by atoms with Crippen LogP contribution in [0, 0.1) is 6.92 Å². The number of aryl methyl sites for hydroxylation is 1. The van der Waals surface area contributed by atoms with Gasteiger partial charge in [-0.3, -0.25) is 9.89 Å². The molecule has 1 heterocycles. The molecular weight excluding hydrogens is 312 g/mol. The first-order valence-corrected chi connectivity index (χ1v) is 6.27. The quantitative estimate of drug-likeness (QED) is 0.807. The van der Waals surface area contributed by atoms with Gasteiger partial charge in [-0.15, -0.1) is 0 Å². The first kappa shape index (κ1) is 13.4. The summed E-state index contributed by atoms with van der Waals surface area (Å²) in [5, 5.41) is 9.27. The monoisotopic (exact) mass is 324 g/mol. The highest BCUT2D eigenvalue weighted by Crippen LogP contribution is 2.27. The topological polar surface area (TPSA) is 93.0 Å². The molecule has 0 saturated carbocycles. The number of anilines is 2. The number of carbonyl (C=O) groups excluding carboxylic acids is 1. The van der Waals surface area contributed by atoms with Crippen molar-refractivity contribution in [1.82, 2.24) is 10.2 Å². The Balaban J connectivity index is 2.26. The lowest BCUT2D eigenvalue weighted by atomic mass is 10.2. The normalized spacial score (nSPS) is 10.3. The van der Waals surface area contributed by atoms with E-state index in [0.717, 1.165) is 4.47 Å². The minimum Gasteiger partial charge on any atom is -0.497 e. The van der Waals surface area contributed by atoms with E-state index in [1.54, 1.807) is 32.2 Å². The summed E-state index contributed by atoms with van der Waals surface area (Å²) < 4.78 is 5.85. The van der Waals surface area contributed by atoms with Crippen LogP contribution in [-0.4, -0.2) is 23.2 Å². The van der Waals surface area contributed by atoms with Crippen molar-refractivity contribution < 1.29 is 9.53 Å². The van der Waals surface area contributed by atoms with Crippen LogP contribution in [0.2, 0.25) is 0 Å². The zero-order valence-corrected chi connectivity index (χ0v) is 12.0. The molecule has 1 aromatic carbocycles. The van der Waals surface area contributed by atoms with E-state index in [9.17, 15) is 4.79 Å². The van der Waals surface area contributed by atoms with Gasteiger partial charge in [0.1, 0.15) is 5.75 Å². The number of amides is 1. The first-order valence-electron chi connectivity index (χ1n) is 5.48. The molecule has 0 bridgehead atoms. The van der Waals surface area contributed by atoms with Gasteiger partial charge in [-0.2, -0.15) is 5.10 Å². The molecule has 100 valence electrons. The number of ether oxygens (including phenoxy) is 1. The Hall–Kier alpha value is -2.02. The molecule has 1 amide bonds. The van der Waals surface area contributed by atoms with Crippen LogP contribution in [-0.2, 0) is 0 Å². The van der Waals surface area contributed by atoms with Gasteiger partial charge in [-0.25, -0.2) is 0 Å². The maximum atomic E-state index is 12.1. The summed E-state index contributed by atoms with van der Waals surface area (Å²) in [4.78, 5) is 12.1. The van der Waals surface area contributed by atoms with Gasteiger partial charge in [-0.1, -0.05) is 0 Å². The molecule has 0 saturated heterocycles. The Morgan fingerprint density at radius 1 is 1.53 bits per heavy atom. The van der Waals surface area contributed by atoms with Crippen LogP contribution >= 0.6 is 15.9 Å². The molecule has 0 fully saturated rings. The molecule has 0 aliphatic rings. The van der Waals surface area contributed by atoms with Gasteiger partial charge in [0.05, 0.1) is 24.2 Å². The van der Waals surface area contributed by atoms with Gasteiger partial charge in [0.25, 0.3) is 5.91 Å². The number of nitrogens with one attached hydrogen (secondary N) is 2. The third kappa shape index (κ3) is 2.70. The smallest absolute Gasteiger partial charge is 0.278 e.